The minimum absolute atomic E-state index is 0.0748. The molecule has 0 saturated heterocycles. The van der Waals surface area contributed by atoms with Gasteiger partial charge in [-0.2, -0.15) is 0 Å². The Balaban J connectivity index is 1.88. The van der Waals surface area contributed by atoms with Gasteiger partial charge in [0.1, 0.15) is 15.5 Å². The van der Waals surface area contributed by atoms with Crippen LogP contribution in [0.15, 0.2) is 27.7 Å². The maximum absolute atomic E-state index is 12.9. The van der Waals surface area contributed by atoms with Crippen molar-refractivity contribution in [1.29, 1.82) is 0 Å². The third kappa shape index (κ3) is 4.40. The topological polar surface area (TPSA) is 101 Å². The number of aryl methyl sites for hydroxylation is 1. The molecule has 0 amide bonds. The average Bonchev–Trinajstić information content (AvgIpc) is 3.27. The fraction of sp³-hybridized carbons (Fsp3) is 0.400. The van der Waals surface area contributed by atoms with Gasteiger partial charge in [0.05, 0.1) is 31.5 Å². The van der Waals surface area contributed by atoms with Crippen LogP contribution in [-0.4, -0.2) is 34.7 Å². The van der Waals surface area contributed by atoms with Crippen LogP contribution in [0.2, 0.25) is 0 Å². The summed E-state index contributed by atoms with van der Waals surface area (Å²) in [6.45, 7) is 7.98. The van der Waals surface area contributed by atoms with Crippen molar-refractivity contribution in [2.45, 2.75) is 34.2 Å². The van der Waals surface area contributed by atoms with Gasteiger partial charge in [0.15, 0.2) is 0 Å². The monoisotopic (exact) mass is 418 g/mol. The fourth-order valence-electron chi connectivity index (χ4n) is 2.72. The Kier molecular flexibility index (Phi) is 6.17. The number of thiophene rings is 1. The van der Waals surface area contributed by atoms with Crippen molar-refractivity contribution in [3.63, 3.8) is 0 Å². The van der Waals surface area contributed by atoms with Crippen LogP contribution in [0.4, 0.5) is 0 Å². The molecule has 0 saturated carbocycles. The summed E-state index contributed by atoms with van der Waals surface area (Å²) in [6, 6.07) is 3.11. The molecule has 154 valence electrons. The van der Waals surface area contributed by atoms with Gasteiger partial charge in [-0.3, -0.25) is 9.36 Å². The van der Waals surface area contributed by atoms with Crippen molar-refractivity contribution < 1.29 is 23.5 Å². The highest BCUT2D eigenvalue weighted by molar-refractivity contribution is 7.20. The molecule has 0 aliphatic rings. The first kappa shape index (κ1) is 20.8. The number of hydrogen-bond acceptors (Lipinski definition) is 8. The maximum Gasteiger partial charge on any atom is 0.374 e. The second-order valence-corrected chi connectivity index (χ2v) is 7.89. The molecule has 29 heavy (non-hydrogen) atoms. The van der Waals surface area contributed by atoms with Gasteiger partial charge in [0.2, 0.25) is 5.76 Å². The standard InChI is InChI=1S/C20H22N2O6S/c1-5-26-19(24)14-7-6-13(28-14)8-22-10-21-17-15(18(22)23)12(4)16(29-17)20(25)27-9-11(2)3/h6-7,10-11H,5,8-9H2,1-4H3. The number of nitrogens with zero attached hydrogens (tertiary/aromatic N) is 2. The lowest BCUT2D eigenvalue weighted by Gasteiger charge is -2.06. The normalized spacial score (nSPS) is 11.2. The molecule has 3 heterocycles. The van der Waals surface area contributed by atoms with Gasteiger partial charge in [-0.05, 0) is 37.5 Å². The van der Waals surface area contributed by atoms with Gasteiger partial charge in [-0.15, -0.1) is 11.3 Å². The highest BCUT2D eigenvalue weighted by Crippen LogP contribution is 2.27. The first-order valence-electron chi connectivity index (χ1n) is 9.23. The quantitative estimate of drug-likeness (QED) is 0.542. The second-order valence-electron chi connectivity index (χ2n) is 6.89. The van der Waals surface area contributed by atoms with Crippen LogP contribution in [0.1, 0.15) is 52.3 Å². The van der Waals surface area contributed by atoms with Gasteiger partial charge in [0.25, 0.3) is 5.56 Å². The fourth-order valence-corrected chi connectivity index (χ4v) is 3.75. The summed E-state index contributed by atoms with van der Waals surface area (Å²) in [5, 5.41) is 0.381. The van der Waals surface area contributed by atoms with E-state index in [1.165, 1.54) is 17.0 Å². The van der Waals surface area contributed by atoms with Crippen LogP contribution >= 0.6 is 11.3 Å². The first-order chi connectivity index (χ1) is 13.8. The molecule has 0 N–H and O–H groups in total. The van der Waals surface area contributed by atoms with Gasteiger partial charge in [-0.1, -0.05) is 13.8 Å². The van der Waals surface area contributed by atoms with E-state index in [0.717, 1.165) is 11.3 Å². The molecule has 3 aromatic rings. The molecule has 0 unspecified atom stereocenters. The summed E-state index contributed by atoms with van der Waals surface area (Å²) in [7, 11) is 0. The van der Waals surface area contributed by atoms with E-state index < -0.39 is 11.9 Å². The molecule has 3 aromatic heterocycles. The molecule has 0 atom stereocenters. The molecule has 8 nitrogen and oxygen atoms in total. The summed E-state index contributed by atoms with van der Waals surface area (Å²) in [5.74, 6) is -0.295. The SMILES string of the molecule is CCOC(=O)c1ccc(Cn2cnc3sc(C(=O)OCC(C)C)c(C)c3c2=O)o1. The van der Waals surface area contributed by atoms with Crippen LogP contribution in [0, 0.1) is 12.8 Å². The highest BCUT2D eigenvalue weighted by atomic mass is 32.1. The molecule has 0 bridgehead atoms. The summed E-state index contributed by atoms with van der Waals surface area (Å²) in [6.07, 6.45) is 1.40. The maximum atomic E-state index is 12.9. The van der Waals surface area contributed by atoms with Crippen molar-refractivity contribution in [3.05, 3.63) is 50.8 Å². The molecule has 9 heteroatoms. The summed E-state index contributed by atoms with van der Waals surface area (Å²) >= 11 is 1.14. The average molecular weight is 418 g/mol. The van der Waals surface area contributed by atoms with Crippen LogP contribution < -0.4 is 5.56 Å². The molecule has 3 rings (SSSR count). The van der Waals surface area contributed by atoms with Gasteiger partial charge in [-0.25, -0.2) is 14.6 Å². The number of ether oxygens (including phenoxy) is 2. The molecular formula is C20H22N2O6S. The summed E-state index contributed by atoms with van der Waals surface area (Å²) < 4.78 is 17.0. The van der Waals surface area contributed by atoms with Crippen LogP contribution in [0.3, 0.4) is 0 Å². The summed E-state index contributed by atoms with van der Waals surface area (Å²) in [5.41, 5.74) is 0.262. The van der Waals surface area contributed by atoms with Crippen LogP contribution in [0.25, 0.3) is 10.2 Å². The number of hydrogen-bond donors (Lipinski definition) is 0. The second kappa shape index (κ2) is 8.60. The van der Waals surface area contributed by atoms with E-state index in [1.807, 2.05) is 13.8 Å². The van der Waals surface area contributed by atoms with Crippen LogP contribution in [-0.2, 0) is 16.0 Å². The van der Waals surface area contributed by atoms with Gasteiger partial charge < -0.3 is 13.9 Å². The lowest BCUT2D eigenvalue weighted by Crippen LogP contribution is -2.21. The largest absolute Gasteiger partial charge is 0.461 e. The predicted octanol–water partition coefficient (Wildman–Crippen LogP) is 3.40. The number of carbonyl (C=O) groups excluding carboxylic acids is 2. The Hall–Kier alpha value is -2.94. The van der Waals surface area contributed by atoms with Gasteiger partial charge in [0, 0.05) is 0 Å². The minimum atomic E-state index is -0.557. The number of rotatable bonds is 7. The Bertz CT molecular complexity index is 1110. The third-order valence-electron chi connectivity index (χ3n) is 4.11. The number of carbonyl (C=O) groups is 2. The predicted molar refractivity (Wildman–Crippen MR) is 108 cm³/mol. The number of esters is 2. The first-order valence-corrected chi connectivity index (χ1v) is 10.0. The minimum Gasteiger partial charge on any atom is -0.461 e. The lowest BCUT2D eigenvalue weighted by molar-refractivity contribution is 0.0461. The molecule has 0 aliphatic carbocycles. The lowest BCUT2D eigenvalue weighted by atomic mass is 10.2. The van der Waals surface area contributed by atoms with E-state index in [-0.39, 0.29) is 30.4 Å². The molecule has 0 aromatic carbocycles. The summed E-state index contributed by atoms with van der Waals surface area (Å²) in [4.78, 5) is 42.2. The highest BCUT2D eigenvalue weighted by Gasteiger charge is 2.21. The van der Waals surface area contributed by atoms with E-state index in [1.54, 1.807) is 19.9 Å². The van der Waals surface area contributed by atoms with Gasteiger partial charge >= 0.3 is 11.9 Å². The zero-order valence-corrected chi connectivity index (χ0v) is 17.5. The number of fused-ring (bicyclic) bond motifs is 1. The number of furan rings is 1. The smallest absolute Gasteiger partial charge is 0.374 e. The zero-order valence-electron chi connectivity index (χ0n) is 16.7. The van der Waals surface area contributed by atoms with Crippen molar-refractivity contribution in [3.8, 4) is 0 Å². The molecular weight excluding hydrogens is 396 g/mol. The molecule has 0 aliphatic heterocycles. The van der Waals surface area contributed by atoms with Crippen molar-refractivity contribution in [2.75, 3.05) is 13.2 Å². The Morgan fingerprint density at radius 2 is 2.00 bits per heavy atom. The Morgan fingerprint density at radius 3 is 2.69 bits per heavy atom. The van der Waals surface area contributed by atoms with Crippen molar-refractivity contribution in [2.24, 2.45) is 5.92 Å². The van der Waals surface area contributed by atoms with Crippen molar-refractivity contribution in [1.82, 2.24) is 9.55 Å². The Labute approximate surface area is 171 Å². The van der Waals surface area contributed by atoms with E-state index >= 15 is 0 Å². The van der Waals surface area contributed by atoms with E-state index in [4.69, 9.17) is 13.9 Å². The van der Waals surface area contributed by atoms with E-state index in [2.05, 4.69) is 4.98 Å². The number of aromatic nitrogens is 2. The van der Waals surface area contributed by atoms with E-state index in [9.17, 15) is 14.4 Å². The third-order valence-corrected chi connectivity index (χ3v) is 5.29. The van der Waals surface area contributed by atoms with Crippen LogP contribution in [0.5, 0.6) is 0 Å². The van der Waals surface area contributed by atoms with E-state index in [0.29, 0.717) is 33.0 Å². The van der Waals surface area contributed by atoms with Crippen molar-refractivity contribution >= 4 is 33.5 Å². The molecule has 0 fully saturated rings. The molecule has 0 spiro atoms. The molecule has 0 radical (unpaired) electrons. The Morgan fingerprint density at radius 1 is 1.24 bits per heavy atom. The zero-order chi connectivity index (χ0) is 21.1.